The topological polar surface area (TPSA) is 45.2 Å². The van der Waals surface area contributed by atoms with Crippen molar-refractivity contribution < 1.29 is 14.3 Å². The summed E-state index contributed by atoms with van der Waals surface area (Å²) < 4.78 is 11.2. The van der Waals surface area contributed by atoms with Gasteiger partial charge in [0, 0.05) is 58.2 Å². The van der Waals surface area contributed by atoms with Gasteiger partial charge in [-0.05, 0) is 0 Å². The molecule has 3 fully saturated rings. The molecule has 2 atom stereocenters. The number of nitrogens with zero attached hydrogens (tertiary/aromatic N) is 3. The molecule has 20 heavy (non-hydrogen) atoms. The number of carbonyl (C=O) groups is 1. The molecule has 3 rings (SSSR count). The molecule has 0 saturated carbocycles. The van der Waals surface area contributed by atoms with E-state index in [1.54, 1.807) is 4.90 Å². The molecule has 3 heterocycles. The first-order valence-electron chi connectivity index (χ1n) is 7.45. The van der Waals surface area contributed by atoms with Crippen LogP contribution < -0.4 is 0 Å². The molecule has 0 aliphatic carbocycles. The second kappa shape index (κ2) is 5.50. The predicted octanol–water partition coefficient (Wildman–Crippen LogP) is -0.0514. The molecule has 0 aromatic rings. The third-order valence-electron chi connectivity index (χ3n) is 4.82. The van der Waals surface area contributed by atoms with Crippen LogP contribution in [0.5, 0.6) is 0 Å². The number of urea groups is 1. The lowest BCUT2D eigenvalue weighted by Crippen LogP contribution is -2.48. The Morgan fingerprint density at radius 2 is 2.05 bits per heavy atom. The number of fused-ring (bicyclic) bond motifs is 1. The van der Waals surface area contributed by atoms with E-state index in [9.17, 15) is 4.79 Å². The Labute approximate surface area is 120 Å². The van der Waals surface area contributed by atoms with E-state index in [4.69, 9.17) is 9.47 Å². The Bertz CT molecular complexity index is 371. The van der Waals surface area contributed by atoms with E-state index in [2.05, 4.69) is 4.90 Å². The maximum atomic E-state index is 12.2. The fourth-order valence-corrected chi connectivity index (χ4v) is 3.69. The highest BCUT2D eigenvalue weighted by atomic mass is 16.5. The largest absolute Gasteiger partial charge is 0.380 e. The van der Waals surface area contributed by atoms with Crippen LogP contribution in [0.2, 0.25) is 0 Å². The molecule has 3 aliphatic rings. The molecule has 0 unspecified atom stereocenters. The lowest BCUT2D eigenvalue weighted by molar-refractivity contribution is 0.0109. The smallest absolute Gasteiger partial charge is 0.319 e. The predicted molar refractivity (Wildman–Crippen MR) is 74.7 cm³/mol. The maximum absolute atomic E-state index is 12.2. The normalized spacial score (nSPS) is 34.3. The van der Waals surface area contributed by atoms with Crippen molar-refractivity contribution in [2.75, 3.05) is 73.2 Å². The first-order chi connectivity index (χ1) is 9.61. The molecule has 114 valence electrons. The second-order valence-corrected chi connectivity index (χ2v) is 6.52. The van der Waals surface area contributed by atoms with Crippen LogP contribution in [0.4, 0.5) is 4.79 Å². The van der Waals surface area contributed by atoms with Crippen LogP contribution in [0.3, 0.4) is 0 Å². The van der Waals surface area contributed by atoms with Crippen LogP contribution in [-0.4, -0.2) is 94.0 Å². The first kappa shape index (κ1) is 14.1. The van der Waals surface area contributed by atoms with Gasteiger partial charge in [0.1, 0.15) is 0 Å². The van der Waals surface area contributed by atoms with Gasteiger partial charge in [0.25, 0.3) is 0 Å². The van der Waals surface area contributed by atoms with E-state index in [0.717, 1.165) is 59.2 Å². The number of carbonyl (C=O) groups excluding carboxylic acids is 1. The lowest BCUT2D eigenvalue weighted by atomic mass is 9.80. The van der Waals surface area contributed by atoms with Crippen molar-refractivity contribution >= 4 is 6.03 Å². The Morgan fingerprint density at radius 1 is 1.30 bits per heavy atom. The molecular formula is C14H25N3O3. The van der Waals surface area contributed by atoms with Gasteiger partial charge in [0.05, 0.1) is 26.4 Å². The van der Waals surface area contributed by atoms with E-state index in [-0.39, 0.29) is 11.4 Å². The number of likely N-dealkylation sites (tertiary alicyclic amines) is 1. The molecule has 3 aliphatic heterocycles. The third kappa shape index (κ3) is 2.52. The summed E-state index contributed by atoms with van der Waals surface area (Å²) in [5.74, 6) is 0.481. The monoisotopic (exact) mass is 283 g/mol. The van der Waals surface area contributed by atoms with Gasteiger partial charge in [-0.15, -0.1) is 0 Å². The fourth-order valence-electron chi connectivity index (χ4n) is 3.69. The number of hydrogen-bond donors (Lipinski definition) is 0. The quantitative estimate of drug-likeness (QED) is 0.713. The third-order valence-corrected chi connectivity index (χ3v) is 4.82. The number of hydrogen-bond acceptors (Lipinski definition) is 4. The van der Waals surface area contributed by atoms with E-state index >= 15 is 0 Å². The SMILES string of the molecule is CN(C)C(=O)N1C[C@@H]2COC[C@@]2(CN2CCOCC2)C1. The zero-order valence-corrected chi connectivity index (χ0v) is 12.5. The summed E-state index contributed by atoms with van der Waals surface area (Å²) in [6.07, 6.45) is 0. The molecule has 0 radical (unpaired) electrons. The van der Waals surface area contributed by atoms with Crippen molar-refractivity contribution in [1.29, 1.82) is 0 Å². The van der Waals surface area contributed by atoms with Gasteiger partial charge in [-0.2, -0.15) is 0 Å². The van der Waals surface area contributed by atoms with Crippen LogP contribution in [0.1, 0.15) is 0 Å². The van der Waals surface area contributed by atoms with Gasteiger partial charge in [-0.3, -0.25) is 4.90 Å². The van der Waals surface area contributed by atoms with E-state index in [0.29, 0.717) is 5.92 Å². The molecule has 3 saturated heterocycles. The summed E-state index contributed by atoms with van der Waals surface area (Å²) in [5.41, 5.74) is 0.128. The van der Waals surface area contributed by atoms with Gasteiger partial charge < -0.3 is 19.3 Å². The Hall–Kier alpha value is -0.850. The lowest BCUT2D eigenvalue weighted by Gasteiger charge is -2.36. The van der Waals surface area contributed by atoms with Crippen molar-refractivity contribution in [1.82, 2.24) is 14.7 Å². The van der Waals surface area contributed by atoms with E-state index in [1.165, 1.54) is 0 Å². The van der Waals surface area contributed by atoms with Gasteiger partial charge in [-0.25, -0.2) is 4.79 Å². The van der Waals surface area contributed by atoms with Crippen LogP contribution in [0.15, 0.2) is 0 Å². The first-order valence-corrected chi connectivity index (χ1v) is 7.45. The highest BCUT2D eigenvalue weighted by molar-refractivity contribution is 5.74. The Kier molecular flexibility index (Phi) is 3.88. The van der Waals surface area contributed by atoms with Gasteiger partial charge >= 0.3 is 6.03 Å². The average Bonchev–Trinajstić information content (AvgIpc) is 2.95. The minimum atomic E-state index is 0.126. The summed E-state index contributed by atoms with van der Waals surface area (Å²) in [5, 5.41) is 0. The van der Waals surface area contributed by atoms with Gasteiger partial charge in [0.15, 0.2) is 0 Å². The zero-order chi connectivity index (χ0) is 14.2. The van der Waals surface area contributed by atoms with Crippen molar-refractivity contribution in [2.24, 2.45) is 11.3 Å². The van der Waals surface area contributed by atoms with E-state index in [1.807, 2.05) is 19.0 Å². The Balaban J connectivity index is 1.68. The summed E-state index contributed by atoms with van der Waals surface area (Å²) in [4.78, 5) is 18.3. The molecule has 0 bridgehead atoms. The summed E-state index contributed by atoms with van der Waals surface area (Å²) in [7, 11) is 3.64. The summed E-state index contributed by atoms with van der Waals surface area (Å²) in [6.45, 7) is 7.90. The second-order valence-electron chi connectivity index (χ2n) is 6.52. The average molecular weight is 283 g/mol. The fraction of sp³-hybridized carbons (Fsp3) is 0.929. The molecule has 6 nitrogen and oxygen atoms in total. The van der Waals surface area contributed by atoms with Gasteiger partial charge in [0.2, 0.25) is 0 Å². The molecule has 2 amide bonds. The standard InChI is InChI=1S/C14H25N3O3/c1-15(2)13(18)17-7-12-8-20-11-14(12,10-17)9-16-3-5-19-6-4-16/h12H,3-11H2,1-2H3/t12-,14-/m1/s1. The van der Waals surface area contributed by atoms with Crippen molar-refractivity contribution in [3.8, 4) is 0 Å². The molecule has 0 aromatic heterocycles. The summed E-state index contributed by atoms with van der Waals surface area (Å²) in [6, 6.07) is 0.126. The zero-order valence-electron chi connectivity index (χ0n) is 12.5. The highest BCUT2D eigenvalue weighted by Gasteiger charge is 2.52. The number of amides is 2. The van der Waals surface area contributed by atoms with Crippen LogP contribution in [0, 0.1) is 11.3 Å². The highest BCUT2D eigenvalue weighted by Crippen LogP contribution is 2.42. The molecule has 0 N–H and O–H groups in total. The van der Waals surface area contributed by atoms with Crippen molar-refractivity contribution in [3.05, 3.63) is 0 Å². The number of rotatable bonds is 2. The number of ether oxygens (including phenoxy) is 2. The van der Waals surface area contributed by atoms with Crippen molar-refractivity contribution in [2.45, 2.75) is 0 Å². The molecule has 0 spiro atoms. The van der Waals surface area contributed by atoms with Crippen LogP contribution in [0.25, 0.3) is 0 Å². The van der Waals surface area contributed by atoms with Crippen LogP contribution >= 0.6 is 0 Å². The maximum Gasteiger partial charge on any atom is 0.319 e. The van der Waals surface area contributed by atoms with E-state index < -0.39 is 0 Å². The molecule has 6 heteroatoms. The minimum Gasteiger partial charge on any atom is -0.380 e. The minimum absolute atomic E-state index is 0.126. The van der Waals surface area contributed by atoms with Gasteiger partial charge in [-0.1, -0.05) is 0 Å². The molecule has 0 aromatic carbocycles. The van der Waals surface area contributed by atoms with Crippen molar-refractivity contribution in [3.63, 3.8) is 0 Å². The molecular weight excluding hydrogens is 258 g/mol. The van der Waals surface area contributed by atoms with Crippen LogP contribution in [-0.2, 0) is 9.47 Å². The Morgan fingerprint density at radius 3 is 2.75 bits per heavy atom. The summed E-state index contributed by atoms with van der Waals surface area (Å²) >= 11 is 0. The number of morpholine rings is 1.